The number of thiazole rings is 1. The first-order chi connectivity index (χ1) is 6.13. The van der Waals surface area contributed by atoms with E-state index >= 15 is 0 Å². The minimum Gasteiger partial charge on any atom is -0.384 e. The van der Waals surface area contributed by atoms with Crippen LogP contribution in [0.4, 0.5) is 0 Å². The van der Waals surface area contributed by atoms with Crippen molar-refractivity contribution >= 4 is 28.1 Å². The predicted octanol–water partition coefficient (Wildman–Crippen LogP) is 1.99. The van der Waals surface area contributed by atoms with Crippen molar-refractivity contribution in [2.45, 2.75) is 6.92 Å². The number of aliphatic imine (C=N–C) groups is 1. The number of nitrogens with zero attached hydrogens (tertiary/aromatic N) is 2. The van der Waals surface area contributed by atoms with Crippen LogP contribution in [0.2, 0.25) is 0 Å². The van der Waals surface area contributed by atoms with Gasteiger partial charge in [0.15, 0.2) is 0 Å². The van der Waals surface area contributed by atoms with Gasteiger partial charge in [-0.15, -0.1) is 23.1 Å². The van der Waals surface area contributed by atoms with Crippen LogP contribution in [0.5, 0.6) is 0 Å². The van der Waals surface area contributed by atoms with Crippen LogP contribution < -0.4 is 5.73 Å². The lowest BCUT2D eigenvalue weighted by Gasteiger charge is -1.97. The molecule has 0 aliphatic carbocycles. The highest BCUT2D eigenvalue weighted by Crippen LogP contribution is 2.17. The van der Waals surface area contributed by atoms with Crippen LogP contribution in [-0.4, -0.2) is 16.3 Å². The van der Waals surface area contributed by atoms with Gasteiger partial charge < -0.3 is 5.73 Å². The number of nitrogens with two attached hydrogens (primary N) is 1. The van der Waals surface area contributed by atoms with Crippen molar-refractivity contribution in [2.24, 2.45) is 10.7 Å². The van der Waals surface area contributed by atoms with Crippen LogP contribution in [0.15, 0.2) is 23.6 Å². The Kier molecular flexibility index (Phi) is 3.50. The molecule has 5 heteroatoms. The molecule has 3 nitrogen and oxygen atoms in total. The summed E-state index contributed by atoms with van der Waals surface area (Å²) in [6.45, 7) is 5.54. The van der Waals surface area contributed by atoms with E-state index in [2.05, 4.69) is 16.6 Å². The summed E-state index contributed by atoms with van der Waals surface area (Å²) < 4.78 is 0. The third-order valence-electron chi connectivity index (χ3n) is 1.24. The predicted molar refractivity (Wildman–Crippen MR) is 60.2 cm³/mol. The Balaban J connectivity index is 2.97. The normalized spacial score (nSPS) is 11.7. The smallest absolute Gasteiger partial charge is 0.148 e. The molecular weight excluding hydrogens is 202 g/mol. The number of hydrogen-bond donors (Lipinski definition) is 1. The van der Waals surface area contributed by atoms with Crippen LogP contribution in [0, 0.1) is 6.92 Å². The third kappa shape index (κ3) is 2.86. The molecule has 1 heterocycles. The molecule has 0 aliphatic rings. The maximum atomic E-state index is 5.39. The molecule has 13 heavy (non-hydrogen) atoms. The average Bonchev–Trinajstić information content (AvgIpc) is 2.47. The summed E-state index contributed by atoms with van der Waals surface area (Å²) in [7, 11) is 0. The molecule has 0 bridgehead atoms. The summed E-state index contributed by atoms with van der Waals surface area (Å²) in [5, 5.41) is 1.72. The summed E-state index contributed by atoms with van der Waals surface area (Å²) in [5.74, 6) is 0.317. The minimum absolute atomic E-state index is 0.317. The summed E-state index contributed by atoms with van der Waals surface area (Å²) in [6, 6.07) is 0. The Morgan fingerprint density at radius 1 is 1.77 bits per heavy atom. The van der Waals surface area contributed by atoms with Crippen molar-refractivity contribution in [1.29, 1.82) is 0 Å². The van der Waals surface area contributed by atoms with Crippen LogP contribution in [-0.2, 0) is 0 Å². The van der Waals surface area contributed by atoms with Crippen molar-refractivity contribution in [3.63, 3.8) is 0 Å². The zero-order valence-corrected chi connectivity index (χ0v) is 9.21. The van der Waals surface area contributed by atoms with Crippen molar-refractivity contribution in [2.75, 3.05) is 6.26 Å². The van der Waals surface area contributed by atoms with Crippen molar-refractivity contribution in [3.8, 4) is 0 Å². The average molecular weight is 213 g/mol. The zero-order chi connectivity index (χ0) is 9.84. The van der Waals surface area contributed by atoms with E-state index in [4.69, 9.17) is 5.73 Å². The second-order valence-electron chi connectivity index (χ2n) is 2.39. The molecule has 0 radical (unpaired) electrons. The highest BCUT2D eigenvalue weighted by Gasteiger charge is 2.06. The fraction of sp³-hybridized carbons (Fsp3) is 0.250. The molecule has 0 atom stereocenters. The first kappa shape index (κ1) is 10.3. The fourth-order valence-electron chi connectivity index (χ4n) is 0.765. The van der Waals surface area contributed by atoms with Gasteiger partial charge in [0, 0.05) is 11.1 Å². The number of aromatic nitrogens is 1. The molecule has 1 rings (SSSR count). The minimum atomic E-state index is 0.317. The molecule has 0 aromatic carbocycles. The van der Waals surface area contributed by atoms with Crippen LogP contribution >= 0.6 is 23.1 Å². The Labute approximate surface area is 85.8 Å². The van der Waals surface area contributed by atoms with Gasteiger partial charge in [-0.25, -0.2) is 9.98 Å². The summed E-state index contributed by atoms with van der Waals surface area (Å²) >= 11 is 3.12. The summed E-state index contributed by atoms with van der Waals surface area (Å²) in [5.41, 5.74) is 5.39. The first-order valence-electron chi connectivity index (χ1n) is 3.63. The Morgan fingerprint density at radius 3 is 2.85 bits per heavy atom. The van der Waals surface area contributed by atoms with Crippen LogP contribution in [0.25, 0.3) is 0 Å². The summed E-state index contributed by atoms with van der Waals surface area (Å²) in [6.07, 6.45) is 3.77. The summed E-state index contributed by atoms with van der Waals surface area (Å²) in [4.78, 5) is 9.47. The Bertz CT molecular complexity index is 341. The molecule has 2 N–H and O–H groups in total. The second kappa shape index (κ2) is 4.43. The van der Waals surface area contributed by atoms with E-state index in [1.807, 2.05) is 19.4 Å². The number of aryl methyl sites for hydroxylation is 1. The SMILES string of the molecule is C=C(N)/N=C(\SC)c1ncc(C)s1. The van der Waals surface area contributed by atoms with Gasteiger partial charge in [0.2, 0.25) is 0 Å². The quantitative estimate of drug-likeness (QED) is 0.604. The molecular formula is C8H11N3S2. The Hall–Kier alpha value is -0.810. The van der Waals surface area contributed by atoms with Crippen molar-refractivity contribution < 1.29 is 0 Å². The van der Waals surface area contributed by atoms with Gasteiger partial charge in [0.1, 0.15) is 15.9 Å². The van der Waals surface area contributed by atoms with E-state index in [0.29, 0.717) is 5.82 Å². The molecule has 1 aromatic heterocycles. The van der Waals surface area contributed by atoms with Gasteiger partial charge in [0.05, 0.1) is 0 Å². The van der Waals surface area contributed by atoms with Gasteiger partial charge in [0.25, 0.3) is 0 Å². The number of thioether (sulfide) groups is 1. The number of hydrogen-bond acceptors (Lipinski definition) is 5. The van der Waals surface area contributed by atoms with E-state index in [9.17, 15) is 0 Å². The molecule has 0 saturated heterocycles. The van der Waals surface area contributed by atoms with E-state index in [1.54, 1.807) is 11.3 Å². The maximum absolute atomic E-state index is 5.39. The lowest BCUT2D eigenvalue weighted by Crippen LogP contribution is -1.98. The van der Waals surface area contributed by atoms with E-state index in [-0.39, 0.29) is 0 Å². The molecule has 0 unspecified atom stereocenters. The van der Waals surface area contributed by atoms with E-state index in [1.165, 1.54) is 16.6 Å². The molecule has 0 fully saturated rings. The monoisotopic (exact) mass is 213 g/mol. The molecule has 70 valence electrons. The van der Waals surface area contributed by atoms with Gasteiger partial charge in [-0.05, 0) is 13.2 Å². The molecule has 0 spiro atoms. The van der Waals surface area contributed by atoms with E-state index < -0.39 is 0 Å². The topological polar surface area (TPSA) is 51.3 Å². The second-order valence-corrected chi connectivity index (χ2v) is 4.42. The maximum Gasteiger partial charge on any atom is 0.148 e. The van der Waals surface area contributed by atoms with Gasteiger partial charge >= 0.3 is 0 Å². The first-order valence-corrected chi connectivity index (χ1v) is 5.67. The fourth-order valence-corrected chi connectivity index (χ4v) is 2.22. The third-order valence-corrected chi connectivity index (χ3v) is 2.96. The van der Waals surface area contributed by atoms with Gasteiger partial charge in [-0.1, -0.05) is 6.58 Å². The molecule has 0 amide bonds. The highest BCUT2D eigenvalue weighted by molar-refractivity contribution is 8.14. The highest BCUT2D eigenvalue weighted by atomic mass is 32.2. The van der Waals surface area contributed by atoms with Crippen molar-refractivity contribution in [1.82, 2.24) is 4.98 Å². The lowest BCUT2D eigenvalue weighted by molar-refractivity contribution is 1.26. The standard InChI is InChI=1S/C8H11N3S2/c1-5-4-10-7(13-5)8(12-3)11-6(2)9/h4H,2,9H2,1,3H3/b11-8-. The van der Waals surface area contributed by atoms with Gasteiger partial charge in [-0.2, -0.15) is 0 Å². The van der Waals surface area contributed by atoms with Gasteiger partial charge in [-0.3, -0.25) is 0 Å². The zero-order valence-electron chi connectivity index (χ0n) is 7.57. The largest absolute Gasteiger partial charge is 0.384 e. The van der Waals surface area contributed by atoms with Crippen molar-refractivity contribution in [3.05, 3.63) is 28.5 Å². The molecule has 1 aromatic rings. The van der Waals surface area contributed by atoms with Crippen LogP contribution in [0.3, 0.4) is 0 Å². The molecule has 0 aliphatic heterocycles. The number of rotatable bonds is 2. The molecule has 0 saturated carbocycles. The lowest BCUT2D eigenvalue weighted by atomic mass is 10.6. The van der Waals surface area contributed by atoms with Crippen LogP contribution in [0.1, 0.15) is 9.88 Å². The van der Waals surface area contributed by atoms with E-state index in [0.717, 1.165) is 10.1 Å². The Morgan fingerprint density at radius 2 is 2.46 bits per heavy atom.